The third-order valence-corrected chi connectivity index (χ3v) is 5.79. The molecular formula is C19H17F2N3O2S. The van der Waals surface area contributed by atoms with Crippen LogP contribution in [0.3, 0.4) is 0 Å². The molecule has 5 nitrogen and oxygen atoms in total. The van der Waals surface area contributed by atoms with Crippen molar-refractivity contribution < 1.29 is 18.4 Å². The molecule has 0 amide bonds. The Labute approximate surface area is 158 Å². The van der Waals surface area contributed by atoms with Crippen LogP contribution in [0.1, 0.15) is 33.0 Å². The van der Waals surface area contributed by atoms with Crippen LogP contribution in [-0.4, -0.2) is 47.6 Å². The quantitative estimate of drug-likeness (QED) is 0.852. The summed E-state index contributed by atoms with van der Waals surface area (Å²) in [7, 11) is 0. The van der Waals surface area contributed by atoms with E-state index in [4.69, 9.17) is 0 Å². The molecule has 140 valence electrons. The lowest BCUT2D eigenvalue weighted by Crippen LogP contribution is -2.33. The van der Waals surface area contributed by atoms with E-state index in [0.29, 0.717) is 6.54 Å². The molecule has 1 fully saturated rings. The van der Waals surface area contributed by atoms with Crippen molar-refractivity contribution >= 4 is 22.9 Å². The molecule has 1 saturated heterocycles. The lowest BCUT2D eigenvalue weighted by Gasteiger charge is -2.17. The average Bonchev–Trinajstić information content (AvgIpc) is 3.29. The fourth-order valence-electron chi connectivity index (χ4n) is 3.33. The van der Waals surface area contributed by atoms with Crippen molar-refractivity contribution in [1.29, 1.82) is 0 Å². The molecule has 0 saturated carbocycles. The van der Waals surface area contributed by atoms with Gasteiger partial charge in [-0.15, -0.1) is 11.3 Å². The van der Waals surface area contributed by atoms with Gasteiger partial charge in [0.1, 0.15) is 27.2 Å². The second kappa shape index (κ2) is 7.28. The lowest BCUT2D eigenvalue weighted by molar-refractivity contribution is 0.0977. The fraction of sp³-hybridized carbons (Fsp3) is 0.316. The van der Waals surface area contributed by atoms with E-state index in [1.165, 1.54) is 25.0 Å². The number of likely N-dealkylation sites (tertiary alicyclic amines) is 1. The molecule has 8 heteroatoms. The van der Waals surface area contributed by atoms with Crippen molar-refractivity contribution in [1.82, 2.24) is 15.2 Å². The number of carbonyl (C=O) groups is 2. The van der Waals surface area contributed by atoms with Gasteiger partial charge in [0, 0.05) is 19.2 Å². The van der Waals surface area contributed by atoms with Crippen LogP contribution in [-0.2, 0) is 0 Å². The number of Topliss-reactive ketones (excluding diaryl/α,β-unsaturated/α-hetero) is 1. The maximum absolute atomic E-state index is 14.0. The summed E-state index contributed by atoms with van der Waals surface area (Å²) in [5, 5.41) is 3.00. The van der Waals surface area contributed by atoms with Gasteiger partial charge in [0.2, 0.25) is 5.78 Å². The maximum Gasteiger partial charge on any atom is 0.228 e. The molecule has 0 unspecified atom stereocenters. The molecule has 1 aliphatic heterocycles. The van der Waals surface area contributed by atoms with Gasteiger partial charge in [0.15, 0.2) is 5.78 Å². The SMILES string of the molecule is O=C1C(NCCN2CCCC2)=CC(=O)c2sc(-c3c(F)cccc3F)nc21. The van der Waals surface area contributed by atoms with Crippen LogP contribution in [0, 0.1) is 11.6 Å². The summed E-state index contributed by atoms with van der Waals surface area (Å²) in [4.78, 5) is 31.5. The summed E-state index contributed by atoms with van der Waals surface area (Å²) in [5.74, 6) is -2.37. The first kappa shape index (κ1) is 17.9. The number of aromatic nitrogens is 1. The number of hydrogen-bond acceptors (Lipinski definition) is 6. The molecule has 0 spiro atoms. The Hall–Kier alpha value is -2.45. The monoisotopic (exact) mass is 389 g/mol. The number of ketones is 2. The van der Waals surface area contributed by atoms with Crippen LogP contribution in [0.4, 0.5) is 8.78 Å². The molecule has 0 atom stereocenters. The first-order valence-electron chi connectivity index (χ1n) is 8.77. The second-order valence-electron chi connectivity index (χ2n) is 6.52. The lowest BCUT2D eigenvalue weighted by atomic mass is 10.0. The summed E-state index contributed by atoms with van der Waals surface area (Å²) in [6.45, 7) is 3.41. The minimum absolute atomic E-state index is 0.0102. The fourth-order valence-corrected chi connectivity index (χ4v) is 4.35. The third kappa shape index (κ3) is 3.42. The Balaban J connectivity index is 1.55. The number of rotatable bonds is 5. The largest absolute Gasteiger partial charge is 0.380 e. The van der Waals surface area contributed by atoms with Gasteiger partial charge >= 0.3 is 0 Å². The van der Waals surface area contributed by atoms with Crippen LogP contribution in [0.25, 0.3) is 10.6 Å². The van der Waals surface area contributed by atoms with Gasteiger partial charge in [-0.3, -0.25) is 9.59 Å². The molecular weight excluding hydrogens is 372 g/mol. The van der Waals surface area contributed by atoms with Gasteiger partial charge in [-0.1, -0.05) is 6.07 Å². The number of hydrogen-bond donors (Lipinski definition) is 1. The predicted octanol–water partition coefficient (Wildman–Crippen LogP) is 3.04. The maximum atomic E-state index is 14.0. The first-order valence-corrected chi connectivity index (χ1v) is 9.58. The van der Waals surface area contributed by atoms with Gasteiger partial charge in [0.25, 0.3) is 0 Å². The Bertz CT molecular complexity index is 928. The van der Waals surface area contributed by atoms with E-state index in [2.05, 4.69) is 15.2 Å². The molecule has 2 aliphatic rings. The molecule has 1 aromatic heterocycles. The van der Waals surface area contributed by atoms with Gasteiger partial charge in [0.05, 0.1) is 11.3 Å². The Morgan fingerprint density at radius 1 is 1.15 bits per heavy atom. The van der Waals surface area contributed by atoms with E-state index in [1.54, 1.807) is 0 Å². The van der Waals surface area contributed by atoms with Crippen molar-refractivity contribution in [3.8, 4) is 10.6 Å². The molecule has 1 aliphatic carbocycles. The van der Waals surface area contributed by atoms with Crippen LogP contribution in [0.2, 0.25) is 0 Å². The van der Waals surface area contributed by atoms with Crippen LogP contribution in [0.15, 0.2) is 30.0 Å². The number of fused-ring (bicyclic) bond motifs is 1. The van der Waals surface area contributed by atoms with Crippen LogP contribution >= 0.6 is 11.3 Å². The number of allylic oxidation sites excluding steroid dienone is 2. The first-order chi connectivity index (χ1) is 13.0. The number of halogens is 2. The molecule has 2 heterocycles. The number of nitrogens with one attached hydrogen (secondary N) is 1. The smallest absolute Gasteiger partial charge is 0.228 e. The Kier molecular flexibility index (Phi) is 4.84. The van der Waals surface area contributed by atoms with Crippen molar-refractivity contribution in [3.05, 3.63) is 52.2 Å². The highest BCUT2D eigenvalue weighted by Crippen LogP contribution is 2.34. The number of nitrogens with zero attached hydrogens (tertiary/aromatic N) is 2. The summed E-state index contributed by atoms with van der Waals surface area (Å²) in [6.07, 6.45) is 3.60. The van der Waals surface area contributed by atoms with Crippen molar-refractivity contribution in [2.75, 3.05) is 26.2 Å². The topological polar surface area (TPSA) is 62.3 Å². The van der Waals surface area contributed by atoms with E-state index in [1.807, 2.05) is 0 Å². The van der Waals surface area contributed by atoms with E-state index in [-0.39, 0.29) is 32.6 Å². The van der Waals surface area contributed by atoms with Gasteiger partial charge in [-0.2, -0.15) is 0 Å². The molecule has 0 radical (unpaired) electrons. The highest BCUT2D eigenvalue weighted by Gasteiger charge is 2.31. The summed E-state index contributed by atoms with van der Waals surface area (Å²) >= 11 is 0.833. The summed E-state index contributed by atoms with van der Waals surface area (Å²) < 4.78 is 28.0. The molecule has 2 aromatic rings. The third-order valence-electron chi connectivity index (χ3n) is 4.70. The van der Waals surface area contributed by atoms with E-state index in [9.17, 15) is 18.4 Å². The van der Waals surface area contributed by atoms with Crippen molar-refractivity contribution in [2.45, 2.75) is 12.8 Å². The molecule has 4 rings (SSSR count). The minimum Gasteiger partial charge on any atom is -0.380 e. The van der Waals surface area contributed by atoms with E-state index < -0.39 is 17.4 Å². The summed E-state index contributed by atoms with van der Waals surface area (Å²) in [5.41, 5.74) is -0.188. The Morgan fingerprint density at radius 3 is 2.56 bits per heavy atom. The number of carbonyl (C=O) groups excluding carboxylic acids is 2. The molecule has 27 heavy (non-hydrogen) atoms. The standard InChI is InChI=1S/C19H17F2N3O2S/c20-11-4-3-5-12(21)15(11)19-23-16-17(26)13(10-14(25)18(16)27-19)22-6-9-24-7-1-2-8-24/h3-5,10,22H,1-2,6-9H2. The van der Waals surface area contributed by atoms with Crippen molar-refractivity contribution in [2.24, 2.45) is 0 Å². The number of thiazole rings is 1. The van der Waals surface area contributed by atoms with E-state index >= 15 is 0 Å². The van der Waals surface area contributed by atoms with Gasteiger partial charge in [-0.05, 0) is 38.1 Å². The molecule has 0 bridgehead atoms. The van der Waals surface area contributed by atoms with Gasteiger partial charge < -0.3 is 10.2 Å². The normalized spacial score (nSPS) is 17.2. The zero-order valence-corrected chi connectivity index (χ0v) is 15.2. The average molecular weight is 389 g/mol. The highest BCUT2D eigenvalue weighted by atomic mass is 32.1. The van der Waals surface area contributed by atoms with E-state index in [0.717, 1.165) is 43.1 Å². The predicted molar refractivity (Wildman–Crippen MR) is 97.9 cm³/mol. The Morgan fingerprint density at radius 2 is 1.85 bits per heavy atom. The van der Waals surface area contributed by atoms with Crippen LogP contribution < -0.4 is 5.32 Å². The summed E-state index contributed by atoms with van der Waals surface area (Å²) in [6, 6.07) is 3.49. The second-order valence-corrected chi connectivity index (χ2v) is 7.52. The van der Waals surface area contributed by atoms with Crippen molar-refractivity contribution in [3.63, 3.8) is 0 Å². The zero-order valence-electron chi connectivity index (χ0n) is 14.4. The van der Waals surface area contributed by atoms with Gasteiger partial charge in [-0.25, -0.2) is 13.8 Å². The zero-order chi connectivity index (χ0) is 19.0. The molecule has 1 N–H and O–H groups in total. The highest BCUT2D eigenvalue weighted by molar-refractivity contribution is 7.17. The van der Waals surface area contributed by atoms with Crippen LogP contribution in [0.5, 0.6) is 0 Å². The number of benzene rings is 1. The minimum atomic E-state index is -0.780. The molecule has 1 aromatic carbocycles.